The summed E-state index contributed by atoms with van der Waals surface area (Å²) in [5.41, 5.74) is 2.59. The van der Waals surface area contributed by atoms with Crippen LogP contribution in [0.5, 0.6) is 23.1 Å². The zero-order valence-electron chi connectivity index (χ0n) is 20.1. The zero-order valence-corrected chi connectivity index (χ0v) is 20.1. The summed E-state index contributed by atoms with van der Waals surface area (Å²) in [6, 6.07) is 15.3. The summed E-state index contributed by atoms with van der Waals surface area (Å²) in [6.07, 6.45) is 3.52. The molecule has 0 fully saturated rings. The standard InChI is InChI=1S/C27H29N3O5/c1-4-5-12-18-22(23-19(33-2)13-9-14-20(23)34-3)25(31)24(26(32)28-18)27-30-29-21(35-27)16-15-17-10-7-6-8-11-17/h6-11,13-14H,4-5,12,15-16H2,1-3H3,(H2,28,31,32). The summed E-state index contributed by atoms with van der Waals surface area (Å²) >= 11 is 0. The summed E-state index contributed by atoms with van der Waals surface area (Å²) in [5.74, 6) is 0.811. The Hall–Kier alpha value is -4.07. The van der Waals surface area contributed by atoms with E-state index < -0.39 is 0 Å². The Kier molecular flexibility index (Phi) is 7.50. The van der Waals surface area contributed by atoms with Crippen molar-refractivity contribution in [3.8, 4) is 45.7 Å². The molecule has 0 aliphatic rings. The van der Waals surface area contributed by atoms with Crippen LogP contribution in [0.3, 0.4) is 0 Å². The quantitative estimate of drug-likeness (QED) is 0.316. The van der Waals surface area contributed by atoms with Gasteiger partial charge in [0.2, 0.25) is 11.8 Å². The first kappa shape index (κ1) is 24.1. The minimum atomic E-state index is -0.371. The van der Waals surface area contributed by atoms with Gasteiger partial charge in [-0.3, -0.25) is 0 Å². The SMILES string of the molecule is CCCCc1nc(O)c(-c2nnc(CCc3ccccc3)o2)c(O)c1-c1c(OC)cccc1OC. The summed E-state index contributed by atoms with van der Waals surface area (Å²) < 4.78 is 17.0. The van der Waals surface area contributed by atoms with Crippen molar-refractivity contribution in [2.75, 3.05) is 14.2 Å². The highest BCUT2D eigenvalue weighted by atomic mass is 16.5. The summed E-state index contributed by atoms with van der Waals surface area (Å²) in [6.45, 7) is 2.06. The summed E-state index contributed by atoms with van der Waals surface area (Å²) in [7, 11) is 3.10. The Morgan fingerprint density at radius 1 is 0.800 bits per heavy atom. The van der Waals surface area contributed by atoms with Gasteiger partial charge in [-0.1, -0.05) is 49.7 Å². The first-order valence-electron chi connectivity index (χ1n) is 11.6. The Morgan fingerprint density at radius 3 is 2.17 bits per heavy atom. The summed E-state index contributed by atoms with van der Waals surface area (Å²) in [5, 5.41) is 30.5. The molecule has 4 aromatic rings. The van der Waals surface area contributed by atoms with Crippen molar-refractivity contribution in [3.05, 3.63) is 65.7 Å². The lowest BCUT2D eigenvalue weighted by molar-refractivity contribution is 0.395. The predicted octanol–water partition coefficient (Wildman–Crippen LogP) is 5.35. The number of hydrogen-bond acceptors (Lipinski definition) is 8. The molecule has 0 saturated carbocycles. The van der Waals surface area contributed by atoms with E-state index >= 15 is 0 Å². The van der Waals surface area contributed by atoms with E-state index in [9.17, 15) is 10.2 Å². The molecule has 8 heteroatoms. The van der Waals surface area contributed by atoms with Gasteiger partial charge in [-0.25, -0.2) is 4.98 Å². The van der Waals surface area contributed by atoms with Crippen molar-refractivity contribution in [1.29, 1.82) is 0 Å². The maximum atomic E-state index is 11.5. The van der Waals surface area contributed by atoms with Crippen molar-refractivity contribution in [2.24, 2.45) is 0 Å². The highest BCUT2D eigenvalue weighted by molar-refractivity contribution is 5.88. The summed E-state index contributed by atoms with van der Waals surface area (Å²) in [4.78, 5) is 4.43. The molecule has 0 amide bonds. The lowest BCUT2D eigenvalue weighted by Crippen LogP contribution is -2.01. The minimum absolute atomic E-state index is 0.00674. The molecule has 35 heavy (non-hydrogen) atoms. The van der Waals surface area contributed by atoms with E-state index in [2.05, 4.69) is 22.1 Å². The average Bonchev–Trinajstić information content (AvgIpc) is 3.34. The monoisotopic (exact) mass is 475 g/mol. The van der Waals surface area contributed by atoms with E-state index in [0.717, 1.165) is 24.8 Å². The highest BCUT2D eigenvalue weighted by Gasteiger charge is 2.28. The molecule has 4 rings (SSSR count). The molecule has 2 N–H and O–H groups in total. The van der Waals surface area contributed by atoms with Gasteiger partial charge in [-0.2, -0.15) is 0 Å². The molecule has 0 atom stereocenters. The Labute approximate surface area is 204 Å². The predicted molar refractivity (Wildman–Crippen MR) is 132 cm³/mol. The number of unbranched alkanes of at least 4 members (excludes halogenated alkanes) is 1. The number of aromatic nitrogens is 3. The fourth-order valence-corrected chi connectivity index (χ4v) is 4.04. The molecule has 0 spiro atoms. The van der Waals surface area contributed by atoms with Crippen LogP contribution in [0.25, 0.3) is 22.6 Å². The largest absolute Gasteiger partial charge is 0.506 e. The molecule has 8 nitrogen and oxygen atoms in total. The second-order valence-electron chi connectivity index (χ2n) is 8.11. The molecule has 0 saturated heterocycles. The van der Waals surface area contributed by atoms with Crippen LogP contribution in [-0.2, 0) is 19.3 Å². The first-order chi connectivity index (χ1) is 17.1. The van der Waals surface area contributed by atoms with Gasteiger partial charge in [0.25, 0.3) is 5.89 Å². The lowest BCUT2D eigenvalue weighted by Gasteiger charge is -2.18. The number of benzene rings is 2. The number of hydrogen-bond donors (Lipinski definition) is 2. The molecule has 0 aliphatic heterocycles. The number of ether oxygens (including phenoxy) is 2. The van der Waals surface area contributed by atoms with Gasteiger partial charge < -0.3 is 24.1 Å². The van der Waals surface area contributed by atoms with Crippen LogP contribution in [0.15, 0.2) is 52.9 Å². The van der Waals surface area contributed by atoms with E-state index in [-0.39, 0.29) is 23.1 Å². The van der Waals surface area contributed by atoms with E-state index in [1.165, 1.54) is 0 Å². The first-order valence-corrected chi connectivity index (χ1v) is 11.6. The van der Waals surface area contributed by atoms with Crippen LogP contribution < -0.4 is 9.47 Å². The van der Waals surface area contributed by atoms with Crippen LogP contribution in [0.1, 0.15) is 36.9 Å². The maximum Gasteiger partial charge on any atom is 0.256 e. The normalized spacial score (nSPS) is 10.9. The third kappa shape index (κ3) is 5.06. The lowest BCUT2D eigenvalue weighted by atomic mass is 9.95. The van der Waals surface area contributed by atoms with Crippen molar-refractivity contribution in [2.45, 2.75) is 39.0 Å². The number of aromatic hydroxyl groups is 2. The molecule has 0 unspecified atom stereocenters. The molecule has 0 bridgehead atoms. The van der Waals surface area contributed by atoms with Crippen LogP contribution >= 0.6 is 0 Å². The minimum Gasteiger partial charge on any atom is -0.506 e. The van der Waals surface area contributed by atoms with Gasteiger partial charge in [-0.15, -0.1) is 10.2 Å². The molecule has 0 radical (unpaired) electrons. The van der Waals surface area contributed by atoms with Crippen LogP contribution in [0.4, 0.5) is 0 Å². The van der Waals surface area contributed by atoms with E-state index in [4.69, 9.17) is 13.9 Å². The molecular formula is C27H29N3O5. The van der Waals surface area contributed by atoms with Gasteiger partial charge in [0.05, 0.1) is 31.0 Å². The zero-order chi connectivity index (χ0) is 24.8. The number of aryl methyl sites for hydroxylation is 3. The molecule has 2 heterocycles. The maximum absolute atomic E-state index is 11.5. The molecular weight excluding hydrogens is 446 g/mol. The topological polar surface area (TPSA) is 111 Å². The van der Waals surface area contributed by atoms with Crippen LogP contribution in [-0.4, -0.2) is 39.6 Å². The second kappa shape index (κ2) is 10.9. The van der Waals surface area contributed by atoms with E-state index in [1.807, 2.05) is 30.3 Å². The average molecular weight is 476 g/mol. The van der Waals surface area contributed by atoms with E-state index in [1.54, 1.807) is 32.4 Å². The third-order valence-corrected chi connectivity index (χ3v) is 5.82. The Balaban J connectivity index is 1.80. The van der Waals surface area contributed by atoms with Crippen LogP contribution in [0.2, 0.25) is 0 Å². The fourth-order valence-electron chi connectivity index (χ4n) is 4.04. The molecule has 2 aromatic carbocycles. The van der Waals surface area contributed by atoms with Gasteiger partial charge in [0.15, 0.2) is 0 Å². The number of nitrogens with zero attached hydrogens (tertiary/aromatic N) is 3. The van der Waals surface area contributed by atoms with Crippen molar-refractivity contribution < 1.29 is 24.1 Å². The number of rotatable bonds is 10. The Bertz CT molecular complexity index is 1270. The molecule has 0 aliphatic carbocycles. The van der Waals surface area contributed by atoms with Gasteiger partial charge in [0.1, 0.15) is 22.8 Å². The number of pyridine rings is 1. The van der Waals surface area contributed by atoms with E-state index in [0.29, 0.717) is 47.1 Å². The van der Waals surface area contributed by atoms with Crippen molar-refractivity contribution in [1.82, 2.24) is 15.2 Å². The highest BCUT2D eigenvalue weighted by Crippen LogP contribution is 2.49. The number of methoxy groups -OCH3 is 2. The molecule has 182 valence electrons. The third-order valence-electron chi connectivity index (χ3n) is 5.82. The van der Waals surface area contributed by atoms with Gasteiger partial charge >= 0.3 is 0 Å². The second-order valence-corrected chi connectivity index (χ2v) is 8.11. The van der Waals surface area contributed by atoms with Gasteiger partial charge in [-0.05, 0) is 37.0 Å². The van der Waals surface area contributed by atoms with Gasteiger partial charge in [0, 0.05) is 6.42 Å². The smallest absolute Gasteiger partial charge is 0.256 e. The van der Waals surface area contributed by atoms with Crippen molar-refractivity contribution in [3.63, 3.8) is 0 Å². The molecule has 2 aromatic heterocycles. The fraction of sp³-hybridized carbons (Fsp3) is 0.296. The Morgan fingerprint density at radius 2 is 1.51 bits per heavy atom. The van der Waals surface area contributed by atoms with Crippen molar-refractivity contribution >= 4 is 0 Å². The van der Waals surface area contributed by atoms with Crippen LogP contribution in [0, 0.1) is 0 Å².